The highest BCUT2D eigenvalue weighted by molar-refractivity contribution is 5.85. The van der Waals surface area contributed by atoms with Crippen LogP contribution in [0, 0.1) is 6.92 Å². The molecule has 1 fully saturated rings. The SMILES string of the molecule is Cc1cccc(C(N)c2ccccc2)c1N1CCCCC1.Cl. The number of halogens is 1. The molecule has 1 saturated heterocycles. The number of hydrogen-bond acceptors (Lipinski definition) is 2. The second-order valence-electron chi connectivity index (χ2n) is 5.95. The summed E-state index contributed by atoms with van der Waals surface area (Å²) in [5, 5.41) is 0. The largest absolute Gasteiger partial charge is 0.371 e. The summed E-state index contributed by atoms with van der Waals surface area (Å²) in [5.41, 5.74) is 11.7. The number of anilines is 1. The number of rotatable bonds is 3. The van der Waals surface area contributed by atoms with Crippen LogP contribution in [0.4, 0.5) is 5.69 Å². The van der Waals surface area contributed by atoms with E-state index < -0.39 is 0 Å². The van der Waals surface area contributed by atoms with Crippen LogP contribution < -0.4 is 10.6 Å². The van der Waals surface area contributed by atoms with E-state index in [1.807, 2.05) is 6.07 Å². The lowest BCUT2D eigenvalue weighted by Crippen LogP contribution is -2.32. The van der Waals surface area contributed by atoms with Gasteiger partial charge in [0.2, 0.25) is 0 Å². The Morgan fingerprint density at radius 2 is 1.59 bits per heavy atom. The van der Waals surface area contributed by atoms with Gasteiger partial charge >= 0.3 is 0 Å². The zero-order valence-electron chi connectivity index (χ0n) is 13.2. The normalized spacial score (nSPS) is 16.0. The minimum absolute atomic E-state index is 0. The van der Waals surface area contributed by atoms with E-state index in [1.54, 1.807) is 0 Å². The van der Waals surface area contributed by atoms with Gasteiger partial charge in [-0.25, -0.2) is 0 Å². The Hall–Kier alpha value is -1.51. The summed E-state index contributed by atoms with van der Waals surface area (Å²) in [7, 11) is 0. The first-order chi connectivity index (χ1) is 10.3. The van der Waals surface area contributed by atoms with E-state index in [0.29, 0.717) is 0 Å². The van der Waals surface area contributed by atoms with Crippen LogP contribution in [-0.4, -0.2) is 13.1 Å². The molecule has 2 nitrogen and oxygen atoms in total. The molecule has 0 saturated carbocycles. The molecule has 2 aromatic carbocycles. The fourth-order valence-corrected chi connectivity index (χ4v) is 3.32. The first-order valence-corrected chi connectivity index (χ1v) is 7.92. The Bertz CT molecular complexity index is 592. The number of benzene rings is 2. The van der Waals surface area contributed by atoms with Crippen LogP contribution in [0.5, 0.6) is 0 Å². The van der Waals surface area contributed by atoms with Crippen LogP contribution in [0.3, 0.4) is 0 Å². The summed E-state index contributed by atoms with van der Waals surface area (Å²) in [4.78, 5) is 2.52. The summed E-state index contributed by atoms with van der Waals surface area (Å²) in [6.45, 7) is 4.50. The second-order valence-corrected chi connectivity index (χ2v) is 5.95. The summed E-state index contributed by atoms with van der Waals surface area (Å²) in [6.07, 6.45) is 3.92. The lowest BCUT2D eigenvalue weighted by atomic mass is 9.94. The summed E-state index contributed by atoms with van der Waals surface area (Å²) in [5.74, 6) is 0. The van der Waals surface area contributed by atoms with Crippen molar-refractivity contribution >= 4 is 18.1 Å². The summed E-state index contributed by atoms with van der Waals surface area (Å²) in [6, 6.07) is 16.9. The maximum absolute atomic E-state index is 6.57. The Kier molecular flexibility index (Phi) is 5.87. The van der Waals surface area contributed by atoms with E-state index >= 15 is 0 Å². The zero-order valence-corrected chi connectivity index (χ0v) is 14.0. The van der Waals surface area contributed by atoms with Crippen molar-refractivity contribution in [2.45, 2.75) is 32.2 Å². The molecular weight excluding hydrogens is 292 g/mol. The highest BCUT2D eigenvalue weighted by Crippen LogP contribution is 2.33. The molecule has 3 rings (SSSR count). The van der Waals surface area contributed by atoms with Crippen molar-refractivity contribution in [2.75, 3.05) is 18.0 Å². The smallest absolute Gasteiger partial charge is 0.0572 e. The van der Waals surface area contributed by atoms with Crippen molar-refractivity contribution in [3.05, 3.63) is 65.2 Å². The van der Waals surface area contributed by atoms with Crippen molar-refractivity contribution in [2.24, 2.45) is 5.73 Å². The third-order valence-electron chi connectivity index (χ3n) is 4.44. The lowest BCUT2D eigenvalue weighted by molar-refractivity contribution is 0.574. The van der Waals surface area contributed by atoms with Crippen LogP contribution in [-0.2, 0) is 0 Å². The van der Waals surface area contributed by atoms with E-state index in [2.05, 4.69) is 54.3 Å². The van der Waals surface area contributed by atoms with E-state index in [-0.39, 0.29) is 18.4 Å². The summed E-state index contributed by atoms with van der Waals surface area (Å²) < 4.78 is 0. The number of piperidine rings is 1. The van der Waals surface area contributed by atoms with Crippen molar-refractivity contribution in [3.8, 4) is 0 Å². The molecule has 0 aliphatic carbocycles. The minimum atomic E-state index is -0.0528. The average Bonchev–Trinajstić information content (AvgIpc) is 2.55. The average molecular weight is 317 g/mol. The van der Waals surface area contributed by atoms with Crippen molar-refractivity contribution in [1.29, 1.82) is 0 Å². The molecular formula is C19H25ClN2. The van der Waals surface area contributed by atoms with Gasteiger partial charge in [0.25, 0.3) is 0 Å². The molecule has 0 bridgehead atoms. The van der Waals surface area contributed by atoms with Crippen LogP contribution in [0.1, 0.15) is 42.0 Å². The fraction of sp³-hybridized carbons (Fsp3) is 0.368. The Labute approximate surface area is 139 Å². The predicted molar refractivity (Wildman–Crippen MR) is 97.0 cm³/mol. The number of hydrogen-bond donors (Lipinski definition) is 1. The first-order valence-electron chi connectivity index (χ1n) is 7.92. The Morgan fingerprint density at radius 3 is 2.27 bits per heavy atom. The molecule has 1 unspecified atom stereocenters. The third-order valence-corrected chi connectivity index (χ3v) is 4.44. The van der Waals surface area contributed by atoms with Gasteiger partial charge in [0.05, 0.1) is 6.04 Å². The molecule has 3 heteroatoms. The number of nitrogens with zero attached hydrogens (tertiary/aromatic N) is 1. The molecule has 1 atom stereocenters. The Balaban J connectivity index is 0.00000176. The standard InChI is InChI=1S/C19H24N2.ClH/c1-15-9-8-12-17(18(20)16-10-4-2-5-11-16)19(15)21-13-6-3-7-14-21;/h2,4-5,8-12,18H,3,6-7,13-14,20H2,1H3;1H. The molecule has 1 aliphatic heterocycles. The molecule has 1 heterocycles. The lowest BCUT2D eigenvalue weighted by Gasteiger charge is -2.33. The van der Waals surface area contributed by atoms with Gasteiger partial charge in [0.1, 0.15) is 0 Å². The van der Waals surface area contributed by atoms with Gasteiger partial charge in [-0.15, -0.1) is 12.4 Å². The molecule has 118 valence electrons. The van der Waals surface area contributed by atoms with Crippen LogP contribution in [0.25, 0.3) is 0 Å². The van der Waals surface area contributed by atoms with Crippen molar-refractivity contribution in [1.82, 2.24) is 0 Å². The van der Waals surface area contributed by atoms with Gasteiger partial charge in [-0.2, -0.15) is 0 Å². The zero-order chi connectivity index (χ0) is 14.7. The summed E-state index contributed by atoms with van der Waals surface area (Å²) >= 11 is 0. The van der Waals surface area contributed by atoms with Crippen LogP contribution >= 0.6 is 12.4 Å². The minimum Gasteiger partial charge on any atom is -0.371 e. The topological polar surface area (TPSA) is 29.3 Å². The van der Waals surface area contributed by atoms with Crippen molar-refractivity contribution < 1.29 is 0 Å². The molecule has 0 spiro atoms. The molecule has 2 N–H and O–H groups in total. The molecule has 0 aromatic heterocycles. The monoisotopic (exact) mass is 316 g/mol. The van der Waals surface area contributed by atoms with Crippen LogP contribution in [0.2, 0.25) is 0 Å². The molecule has 0 amide bonds. The Morgan fingerprint density at radius 1 is 0.909 bits per heavy atom. The van der Waals surface area contributed by atoms with E-state index in [4.69, 9.17) is 5.73 Å². The highest BCUT2D eigenvalue weighted by Gasteiger charge is 2.20. The van der Waals surface area contributed by atoms with E-state index in [9.17, 15) is 0 Å². The molecule has 22 heavy (non-hydrogen) atoms. The van der Waals surface area contributed by atoms with Crippen LogP contribution in [0.15, 0.2) is 48.5 Å². The maximum Gasteiger partial charge on any atom is 0.0572 e. The first kappa shape index (κ1) is 16.9. The number of aryl methyl sites for hydroxylation is 1. The third kappa shape index (κ3) is 3.45. The highest BCUT2D eigenvalue weighted by atomic mass is 35.5. The van der Waals surface area contributed by atoms with Gasteiger partial charge in [0, 0.05) is 18.8 Å². The second kappa shape index (κ2) is 7.66. The van der Waals surface area contributed by atoms with E-state index in [1.165, 1.54) is 41.6 Å². The van der Waals surface area contributed by atoms with Gasteiger partial charge in [-0.3, -0.25) is 0 Å². The molecule has 1 aliphatic rings. The van der Waals surface area contributed by atoms with Gasteiger partial charge in [-0.1, -0.05) is 48.5 Å². The number of para-hydroxylation sites is 1. The predicted octanol–water partition coefficient (Wildman–Crippen LogP) is 4.46. The van der Waals surface area contributed by atoms with Gasteiger partial charge < -0.3 is 10.6 Å². The quantitative estimate of drug-likeness (QED) is 0.906. The van der Waals surface area contributed by atoms with E-state index in [0.717, 1.165) is 13.1 Å². The van der Waals surface area contributed by atoms with Gasteiger partial charge in [-0.05, 0) is 42.9 Å². The fourth-order valence-electron chi connectivity index (χ4n) is 3.32. The van der Waals surface area contributed by atoms with Crippen molar-refractivity contribution in [3.63, 3.8) is 0 Å². The molecule has 2 aromatic rings. The number of nitrogens with two attached hydrogens (primary N) is 1. The van der Waals surface area contributed by atoms with Gasteiger partial charge in [0.15, 0.2) is 0 Å². The molecule has 0 radical (unpaired) electrons. The maximum atomic E-state index is 6.57.